The third-order valence-corrected chi connectivity index (χ3v) is 3.40. The Morgan fingerprint density at radius 1 is 1.24 bits per heavy atom. The molecule has 0 saturated heterocycles. The number of nitrogens with one attached hydrogen (secondary N) is 2. The largest absolute Gasteiger partial charge is 0.345 e. The van der Waals surface area contributed by atoms with E-state index in [0.29, 0.717) is 5.56 Å². The lowest BCUT2D eigenvalue weighted by atomic mass is 10.1. The van der Waals surface area contributed by atoms with Crippen LogP contribution in [0.15, 0.2) is 61.2 Å². The Kier molecular flexibility index (Phi) is 3.55. The zero-order valence-electron chi connectivity index (χ0n) is 11.7. The lowest BCUT2D eigenvalue weighted by molar-refractivity contribution is 0.0940. The predicted molar refractivity (Wildman–Crippen MR) is 80.2 cm³/mol. The molecule has 2 heterocycles. The van der Waals surface area contributed by atoms with E-state index in [0.717, 1.165) is 11.3 Å². The number of aromatic nitrogens is 3. The Bertz CT molecular complexity index is 699. The first-order valence-corrected chi connectivity index (χ1v) is 6.77. The molecule has 0 aliphatic heterocycles. The normalized spacial score (nSPS) is 12.0. The molecule has 0 radical (unpaired) electrons. The van der Waals surface area contributed by atoms with Crippen LogP contribution in [0.3, 0.4) is 0 Å². The molecule has 1 amide bonds. The number of carbonyl (C=O) groups excluding carboxylic acids is 1. The quantitative estimate of drug-likeness (QED) is 0.771. The standard InChI is InChI=1S/C16H16N4O/c1-12(14-10-17-18-11-14)19-16(21)13-4-6-15(7-5-13)20-8-2-3-9-20/h2-12H,1H3,(H,17,18)(H,19,21). The van der Waals surface area contributed by atoms with Crippen LogP contribution in [0, 0.1) is 0 Å². The van der Waals surface area contributed by atoms with E-state index in [9.17, 15) is 4.79 Å². The lowest BCUT2D eigenvalue weighted by Gasteiger charge is -2.12. The molecule has 0 spiro atoms. The highest BCUT2D eigenvalue weighted by molar-refractivity contribution is 5.94. The molecule has 1 aromatic carbocycles. The van der Waals surface area contributed by atoms with Crippen LogP contribution in [0.5, 0.6) is 0 Å². The maximum atomic E-state index is 12.2. The average Bonchev–Trinajstić information content (AvgIpc) is 3.20. The zero-order valence-corrected chi connectivity index (χ0v) is 11.7. The minimum Gasteiger partial charge on any atom is -0.345 e. The SMILES string of the molecule is CC(NC(=O)c1ccc(-n2cccc2)cc1)c1cn[nH]c1. The fraction of sp³-hybridized carbons (Fsp3) is 0.125. The molecule has 0 aliphatic carbocycles. The molecule has 3 aromatic rings. The summed E-state index contributed by atoms with van der Waals surface area (Å²) in [4.78, 5) is 12.2. The minimum atomic E-state index is -0.0947. The fourth-order valence-corrected chi connectivity index (χ4v) is 2.15. The molecule has 21 heavy (non-hydrogen) atoms. The molecule has 106 valence electrons. The molecule has 0 fully saturated rings. The summed E-state index contributed by atoms with van der Waals surface area (Å²) in [7, 11) is 0. The number of nitrogens with zero attached hydrogens (tertiary/aromatic N) is 2. The zero-order chi connectivity index (χ0) is 14.7. The van der Waals surface area contributed by atoms with Crippen molar-refractivity contribution in [2.24, 2.45) is 0 Å². The van der Waals surface area contributed by atoms with Crippen molar-refractivity contribution in [1.29, 1.82) is 0 Å². The highest BCUT2D eigenvalue weighted by atomic mass is 16.1. The first-order chi connectivity index (χ1) is 10.2. The van der Waals surface area contributed by atoms with E-state index in [4.69, 9.17) is 0 Å². The van der Waals surface area contributed by atoms with Gasteiger partial charge in [-0.3, -0.25) is 9.89 Å². The van der Waals surface area contributed by atoms with Gasteiger partial charge in [0.05, 0.1) is 12.2 Å². The molecule has 0 saturated carbocycles. The summed E-state index contributed by atoms with van der Waals surface area (Å²) in [6.45, 7) is 1.93. The number of carbonyl (C=O) groups is 1. The predicted octanol–water partition coefficient (Wildman–Crippen LogP) is 2.69. The summed E-state index contributed by atoms with van der Waals surface area (Å²) in [5.41, 5.74) is 2.62. The highest BCUT2D eigenvalue weighted by Crippen LogP contribution is 2.13. The Hall–Kier alpha value is -2.82. The third-order valence-electron chi connectivity index (χ3n) is 3.40. The van der Waals surface area contributed by atoms with Gasteiger partial charge < -0.3 is 9.88 Å². The molecule has 0 bridgehead atoms. The number of hydrogen-bond donors (Lipinski definition) is 2. The van der Waals surface area contributed by atoms with Gasteiger partial charge in [0.25, 0.3) is 5.91 Å². The minimum absolute atomic E-state index is 0.0830. The van der Waals surface area contributed by atoms with Crippen molar-refractivity contribution in [2.45, 2.75) is 13.0 Å². The van der Waals surface area contributed by atoms with Crippen molar-refractivity contribution in [1.82, 2.24) is 20.1 Å². The molecule has 3 rings (SSSR count). The van der Waals surface area contributed by atoms with E-state index >= 15 is 0 Å². The van der Waals surface area contributed by atoms with Gasteiger partial charge in [0.1, 0.15) is 0 Å². The number of aromatic amines is 1. The van der Waals surface area contributed by atoms with Crippen molar-refractivity contribution in [3.8, 4) is 5.69 Å². The second-order valence-corrected chi connectivity index (χ2v) is 4.86. The number of hydrogen-bond acceptors (Lipinski definition) is 2. The fourth-order valence-electron chi connectivity index (χ4n) is 2.15. The van der Waals surface area contributed by atoms with Crippen LogP contribution in [-0.4, -0.2) is 20.7 Å². The van der Waals surface area contributed by atoms with Crippen LogP contribution < -0.4 is 5.32 Å². The first-order valence-electron chi connectivity index (χ1n) is 6.77. The van der Waals surface area contributed by atoms with Crippen molar-refractivity contribution in [2.75, 3.05) is 0 Å². The van der Waals surface area contributed by atoms with E-state index in [2.05, 4.69) is 15.5 Å². The van der Waals surface area contributed by atoms with Crippen LogP contribution in [0.25, 0.3) is 5.69 Å². The third kappa shape index (κ3) is 2.86. The van der Waals surface area contributed by atoms with Crippen molar-refractivity contribution in [3.05, 3.63) is 72.3 Å². The highest BCUT2D eigenvalue weighted by Gasteiger charge is 2.12. The Labute approximate surface area is 122 Å². The van der Waals surface area contributed by atoms with E-state index in [1.165, 1.54) is 0 Å². The summed E-state index contributed by atoms with van der Waals surface area (Å²) in [5, 5.41) is 9.57. The van der Waals surface area contributed by atoms with Gasteiger partial charge in [-0.25, -0.2) is 0 Å². The van der Waals surface area contributed by atoms with Crippen LogP contribution in [0.4, 0.5) is 0 Å². The van der Waals surface area contributed by atoms with E-state index in [1.54, 1.807) is 12.4 Å². The van der Waals surface area contributed by atoms with Crippen molar-refractivity contribution in [3.63, 3.8) is 0 Å². The van der Waals surface area contributed by atoms with Crippen molar-refractivity contribution >= 4 is 5.91 Å². The maximum Gasteiger partial charge on any atom is 0.251 e. The number of rotatable bonds is 4. The summed E-state index contributed by atoms with van der Waals surface area (Å²) in [6.07, 6.45) is 7.42. The molecular formula is C16H16N4O. The molecular weight excluding hydrogens is 264 g/mol. The molecule has 2 aromatic heterocycles. The molecule has 1 unspecified atom stereocenters. The van der Waals surface area contributed by atoms with Crippen molar-refractivity contribution < 1.29 is 4.79 Å². The Balaban J connectivity index is 1.70. The van der Waals surface area contributed by atoms with Crippen LogP contribution in [0.2, 0.25) is 0 Å². The average molecular weight is 280 g/mol. The maximum absolute atomic E-state index is 12.2. The van der Waals surface area contributed by atoms with Crippen LogP contribution in [0.1, 0.15) is 28.9 Å². The second-order valence-electron chi connectivity index (χ2n) is 4.86. The number of benzene rings is 1. The molecule has 5 heteroatoms. The van der Waals surface area contributed by atoms with Gasteiger partial charge in [0.2, 0.25) is 0 Å². The summed E-state index contributed by atoms with van der Waals surface area (Å²) in [6, 6.07) is 11.4. The first kappa shape index (κ1) is 13.2. The Morgan fingerprint density at radius 3 is 2.57 bits per heavy atom. The van der Waals surface area contributed by atoms with Crippen LogP contribution in [-0.2, 0) is 0 Å². The molecule has 5 nitrogen and oxygen atoms in total. The molecule has 2 N–H and O–H groups in total. The molecule has 1 atom stereocenters. The second kappa shape index (κ2) is 5.66. The van der Waals surface area contributed by atoms with Gasteiger partial charge in [-0.1, -0.05) is 0 Å². The summed E-state index contributed by atoms with van der Waals surface area (Å²) < 4.78 is 2.00. The van der Waals surface area contributed by atoms with Gasteiger partial charge in [0.15, 0.2) is 0 Å². The summed E-state index contributed by atoms with van der Waals surface area (Å²) >= 11 is 0. The monoisotopic (exact) mass is 280 g/mol. The number of amides is 1. The van der Waals surface area contributed by atoms with Crippen LogP contribution >= 0.6 is 0 Å². The van der Waals surface area contributed by atoms with Gasteiger partial charge in [0, 0.05) is 35.4 Å². The van der Waals surface area contributed by atoms with Gasteiger partial charge in [-0.15, -0.1) is 0 Å². The lowest BCUT2D eigenvalue weighted by Crippen LogP contribution is -2.26. The van der Waals surface area contributed by atoms with E-state index < -0.39 is 0 Å². The van der Waals surface area contributed by atoms with Gasteiger partial charge in [-0.2, -0.15) is 5.10 Å². The topological polar surface area (TPSA) is 62.7 Å². The summed E-state index contributed by atoms with van der Waals surface area (Å²) in [5.74, 6) is -0.0947. The van der Waals surface area contributed by atoms with E-state index in [-0.39, 0.29) is 11.9 Å². The molecule has 0 aliphatic rings. The van der Waals surface area contributed by atoms with Gasteiger partial charge in [-0.05, 0) is 43.3 Å². The number of H-pyrrole nitrogens is 1. The smallest absolute Gasteiger partial charge is 0.251 e. The Morgan fingerprint density at radius 2 is 1.95 bits per heavy atom. The van der Waals surface area contributed by atoms with E-state index in [1.807, 2.05) is 60.3 Å². The van der Waals surface area contributed by atoms with Gasteiger partial charge >= 0.3 is 0 Å².